The quantitative estimate of drug-likeness (QED) is 0.111. The van der Waals surface area contributed by atoms with E-state index in [0.717, 1.165) is 11.4 Å². The van der Waals surface area contributed by atoms with Crippen molar-refractivity contribution >= 4 is 89.5 Å². The Balaban J connectivity index is 1.07. The van der Waals surface area contributed by atoms with Gasteiger partial charge in [-0.2, -0.15) is 0 Å². The third-order valence-corrected chi connectivity index (χ3v) is 17.7. The van der Waals surface area contributed by atoms with Gasteiger partial charge in [0.05, 0.1) is 11.4 Å². The fourth-order valence-electron chi connectivity index (χ4n) is 13.9. The first-order valence-corrected chi connectivity index (χ1v) is 29.1. The summed E-state index contributed by atoms with van der Waals surface area (Å²) in [6.45, 7) is 6.94. The van der Waals surface area contributed by atoms with E-state index in [1.165, 1.54) is 144 Å². The van der Waals surface area contributed by atoms with Crippen LogP contribution in [0.25, 0.3) is 99.1 Å². The molecular formula is C80H57BN2. The first kappa shape index (κ1) is 48.7. The van der Waals surface area contributed by atoms with Gasteiger partial charge >= 0.3 is 0 Å². The highest BCUT2D eigenvalue weighted by Crippen LogP contribution is 2.54. The number of rotatable bonds is 8. The Kier molecular flexibility index (Phi) is 11.3. The predicted molar refractivity (Wildman–Crippen MR) is 355 cm³/mol. The molecule has 14 aromatic carbocycles. The molecule has 2 aliphatic rings. The first-order chi connectivity index (χ1) is 40.8. The van der Waals surface area contributed by atoms with Crippen LogP contribution >= 0.6 is 0 Å². The van der Waals surface area contributed by atoms with Crippen LogP contribution in [0.1, 0.15) is 26.3 Å². The molecule has 83 heavy (non-hydrogen) atoms. The van der Waals surface area contributed by atoms with Crippen molar-refractivity contribution in [2.75, 3.05) is 9.80 Å². The normalized spacial score (nSPS) is 12.7. The molecule has 14 aromatic rings. The van der Waals surface area contributed by atoms with Gasteiger partial charge in [-0.3, -0.25) is 0 Å². The van der Waals surface area contributed by atoms with Gasteiger partial charge in [0, 0.05) is 45.0 Å². The lowest BCUT2D eigenvalue weighted by atomic mass is 9.33. The Bertz CT molecular complexity index is 4670. The van der Waals surface area contributed by atoms with Gasteiger partial charge < -0.3 is 9.80 Å². The molecule has 0 bridgehead atoms. The maximum atomic E-state index is 2.67. The lowest BCUT2D eigenvalue weighted by molar-refractivity contribution is 0.590. The molecule has 0 spiro atoms. The molecule has 0 N–H and O–H groups in total. The van der Waals surface area contributed by atoms with Crippen LogP contribution in [0.5, 0.6) is 0 Å². The van der Waals surface area contributed by atoms with Crippen molar-refractivity contribution < 1.29 is 0 Å². The number of anilines is 6. The zero-order valence-electron chi connectivity index (χ0n) is 46.7. The molecule has 3 heteroatoms. The number of nitrogens with zero attached hydrogens (tertiary/aromatic N) is 2. The summed E-state index contributed by atoms with van der Waals surface area (Å²) in [5.74, 6) is 0. The van der Waals surface area contributed by atoms with E-state index in [-0.39, 0.29) is 12.1 Å². The minimum Gasteiger partial charge on any atom is -0.310 e. The second-order valence-electron chi connectivity index (χ2n) is 23.5. The highest BCUT2D eigenvalue weighted by molar-refractivity contribution is 7.00. The summed E-state index contributed by atoms with van der Waals surface area (Å²) in [6, 6.07) is 109. The molecule has 390 valence electrons. The summed E-state index contributed by atoms with van der Waals surface area (Å²) >= 11 is 0. The molecular weight excluding hydrogens is 1000 g/mol. The average molecular weight is 1060 g/mol. The van der Waals surface area contributed by atoms with Crippen molar-refractivity contribution in [3.8, 4) is 66.8 Å². The van der Waals surface area contributed by atoms with Crippen LogP contribution in [0.2, 0.25) is 0 Å². The molecule has 0 aliphatic carbocycles. The summed E-state index contributed by atoms with van der Waals surface area (Å²) < 4.78 is 0. The van der Waals surface area contributed by atoms with Gasteiger partial charge in [0.2, 0.25) is 0 Å². The van der Waals surface area contributed by atoms with Crippen molar-refractivity contribution in [2.45, 2.75) is 26.2 Å². The minimum absolute atomic E-state index is 0.178. The molecule has 0 radical (unpaired) electrons. The van der Waals surface area contributed by atoms with Gasteiger partial charge in [-0.15, -0.1) is 0 Å². The van der Waals surface area contributed by atoms with E-state index in [1.54, 1.807) is 0 Å². The number of benzene rings is 14. The van der Waals surface area contributed by atoms with Crippen LogP contribution in [0, 0.1) is 0 Å². The predicted octanol–water partition coefficient (Wildman–Crippen LogP) is 20.0. The van der Waals surface area contributed by atoms with Crippen molar-refractivity contribution in [1.82, 2.24) is 0 Å². The largest absolute Gasteiger partial charge is 0.310 e. The van der Waals surface area contributed by atoms with Crippen LogP contribution in [-0.4, -0.2) is 6.71 Å². The Hall–Kier alpha value is -10.2. The second-order valence-corrected chi connectivity index (χ2v) is 23.5. The third kappa shape index (κ3) is 7.87. The van der Waals surface area contributed by atoms with E-state index < -0.39 is 0 Å². The molecule has 0 amide bonds. The highest BCUT2D eigenvalue weighted by Gasteiger charge is 2.46. The van der Waals surface area contributed by atoms with Gasteiger partial charge in [-0.1, -0.05) is 288 Å². The summed E-state index contributed by atoms with van der Waals surface area (Å²) in [5, 5.41) is 7.71. The Labute approximate surface area is 486 Å². The molecule has 0 aromatic heterocycles. The van der Waals surface area contributed by atoms with E-state index in [1.807, 2.05) is 0 Å². The minimum atomic E-state index is -0.239. The lowest BCUT2D eigenvalue weighted by Crippen LogP contribution is -2.61. The molecule has 2 heterocycles. The van der Waals surface area contributed by atoms with Crippen LogP contribution < -0.4 is 26.2 Å². The SMILES string of the molecule is CC(C)(C)c1cc2c3c(c1)N(c1c(-c4ccccc4)cccc1-c1ccccc1)c1ccc(-c4ccc5ccc6cccc7ccc4c5c67)cc1B3c1cc(-c3ccccc3)ccc1N2c1c(-c2ccccc2)cccc1-c1ccccc1. The molecule has 2 aliphatic heterocycles. The van der Waals surface area contributed by atoms with Gasteiger partial charge in [0.25, 0.3) is 6.71 Å². The van der Waals surface area contributed by atoms with Gasteiger partial charge in [-0.05, 0) is 128 Å². The van der Waals surface area contributed by atoms with Crippen LogP contribution in [0.15, 0.2) is 291 Å². The average Bonchev–Trinajstić information content (AvgIpc) is 1.85. The summed E-state index contributed by atoms with van der Waals surface area (Å²) in [5.41, 5.74) is 26.0. The summed E-state index contributed by atoms with van der Waals surface area (Å²) in [6.07, 6.45) is 0. The Morgan fingerprint density at radius 2 is 0.663 bits per heavy atom. The molecule has 0 saturated carbocycles. The van der Waals surface area contributed by atoms with Gasteiger partial charge in [0.1, 0.15) is 0 Å². The molecule has 0 atom stereocenters. The fourth-order valence-corrected chi connectivity index (χ4v) is 13.9. The molecule has 0 saturated heterocycles. The van der Waals surface area contributed by atoms with E-state index in [0.29, 0.717) is 0 Å². The number of fused-ring (bicyclic) bond motifs is 4. The Morgan fingerprint density at radius 3 is 1.12 bits per heavy atom. The zero-order valence-corrected chi connectivity index (χ0v) is 46.7. The van der Waals surface area contributed by atoms with E-state index >= 15 is 0 Å². The van der Waals surface area contributed by atoms with E-state index in [4.69, 9.17) is 0 Å². The van der Waals surface area contributed by atoms with E-state index in [2.05, 4.69) is 322 Å². The molecule has 2 nitrogen and oxygen atoms in total. The second kappa shape index (κ2) is 19.2. The number of hydrogen-bond donors (Lipinski definition) is 0. The smallest absolute Gasteiger partial charge is 0.252 e. The maximum Gasteiger partial charge on any atom is 0.252 e. The molecule has 0 fully saturated rings. The van der Waals surface area contributed by atoms with E-state index in [9.17, 15) is 0 Å². The summed E-state index contributed by atoms with van der Waals surface area (Å²) in [4.78, 5) is 5.33. The number of hydrogen-bond acceptors (Lipinski definition) is 2. The van der Waals surface area contributed by atoms with Crippen molar-refractivity contribution in [1.29, 1.82) is 0 Å². The monoisotopic (exact) mass is 1060 g/mol. The maximum absolute atomic E-state index is 2.67. The van der Waals surface area contributed by atoms with Gasteiger partial charge in [0.15, 0.2) is 0 Å². The standard InChI is InChI=1S/C80H57BN2/c1-80(2,3)62-50-73-77-74(51-62)83(79-66(55-28-15-7-16-29-55)36-21-37-67(79)56-30-17-8-18-31-56)72-47-43-61(63-44-40-59-39-38-57-32-19-33-58-41-45-68(63)76(59)75(57)58)49-70(72)81(77)69-48-60(52-22-9-4-10-23-52)42-46-71(69)82(73)78-64(53-24-11-5-12-25-53)34-20-35-65(78)54-26-13-6-14-27-54/h4-51H,1-3H3. The third-order valence-electron chi connectivity index (χ3n) is 17.7. The van der Waals surface area contributed by atoms with Crippen LogP contribution in [0.3, 0.4) is 0 Å². The first-order valence-electron chi connectivity index (χ1n) is 29.1. The van der Waals surface area contributed by atoms with Crippen LogP contribution in [0.4, 0.5) is 34.1 Å². The van der Waals surface area contributed by atoms with Crippen LogP contribution in [-0.2, 0) is 5.41 Å². The highest BCUT2D eigenvalue weighted by atomic mass is 15.2. The fraction of sp³-hybridized carbons (Fsp3) is 0.0500. The lowest BCUT2D eigenvalue weighted by Gasteiger charge is -2.46. The topological polar surface area (TPSA) is 6.48 Å². The number of para-hydroxylation sites is 2. The van der Waals surface area contributed by atoms with Crippen molar-refractivity contribution in [3.05, 3.63) is 297 Å². The molecule has 16 rings (SSSR count). The Morgan fingerprint density at radius 1 is 0.277 bits per heavy atom. The zero-order chi connectivity index (χ0) is 55.3. The van der Waals surface area contributed by atoms with Gasteiger partial charge in [-0.25, -0.2) is 0 Å². The summed E-state index contributed by atoms with van der Waals surface area (Å²) in [7, 11) is 0. The van der Waals surface area contributed by atoms with Crippen molar-refractivity contribution in [3.63, 3.8) is 0 Å². The van der Waals surface area contributed by atoms with Crippen molar-refractivity contribution in [2.24, 2.45) is 0 Å². The molecule has 0 unspecified atom stereocenters.